The highest BCUT2D eigenvalue weighted by Crippen LogP contribution is 2.21. The number of nitrogen functional groups attached to an aromatic ring is 1. The van der Waals surface area contributed by atoms with Crippen LogP contribution in [0.25, 0.3) is 0 Å². The zero-order valence-corrected chi connectivity index (χ0v) is 8.08. The van der Waals surface area contributed by atoms with Gasteiger partial charge < -0.3 is 11.1 Å². The molecule has 0 aromatic heterocycles. The first-order valence-corrected chi connectivity index (χ1v) is 4.60. The maximum atomic E-state index is 11.3. The van der Waals surface area contributed by atoms with Crippen LogP contribution in [-0.4, -0.2) is 19.1 Å². The SMILES string of the molecule is Cc1ccc(N2CCNC2=O)cc1N. The van der Waals surface area contributed by atoms with Crippen molar-refractivity contribution in [1.82, 2.24) is 5.32 Å². The summed E-state index contributed by atoms with van der Waals surface area (Å²) in [7, 11) is 0. The Morgan fingerprint density at radius 1 is 1.50 bits per heavy atom. The van der Waals surface area contributed by atoms with Crippen LogP contribution in [0.4, 0.5) is 16.2 Å². The van der Waals surface area contributed by atoms with Crippen molar-refractivity contribution in [1.29, 1.82) is 0 Å². The van der Waals surface area contributed by atoms with Gasteiger partial charge in [0.2, 0.25) is 0 Å². The average molecular weight is 191 g/mol. The van der Waals surface area contributed by atoms with Gasteiger partial charge in [-0.05, 0) is 24.6 Å². The standard InChI is InChI=1S/C10H13N3O/c1-7-2-3-8(6-9(7)11)13-5-4-12-10(13)14/h2-3,6H,4-5,11H2,1H3,(H,12,14). The predicted molar refractivity (Wildman–Crippen MR) is 56.3 cm³/mol. The number of nitrogens with one attached hydrogen (secondary N) is 1. The molecule has 74 valence electrons. The fraction of sp³-hybridized carbons (Fsp3) is 0.300. The number of hydrogen-bond donors (Lipinski definition) is 2. The van der Waals surface area contributed by atoms with Gasteiger partial charge in [-0.2, -0.15) is 0 Å². The normalized spacial score (nSPS) is 15.8. The predicted octanol–water partition coefficient (Wildman–Crippen LogP) is 1.11. The van der Waals surface area contributed by atoms with Crippen molar-refractivity contribution in [2.45, 2.75) is 6.92 Å². The smallest absolute Gasteiger partial charge is 0.321 e. The van der Waals surface area contributed by atoms with Crippen molar-refractivity contribution in [3.8, 4) is 0 Å². The van der Waals surface area contributed by atoms with Crippen molar-refractivity contribution in [2.75, 3.05) is 23.7 Å². The number of aryl methyl sites for hydroxylation is 1. The zero-order chi connectivity index (χ0) is 10.1. The Hall–Kier alpha value is -1.71. The number of anilines is 2. The van der Waals surface area contributed by atoms with E-state index in [1.165, 1.54) is 0 Å². The van der Waals surface area contributed by atoms with E-state index in [4.69, 9.17) is 5.73 Å². The van der Waals surface area contributed by atoms with E-state index in [9.17, 15) is 4.79 Å². The van der Waals surface area contributed by atoms with E-state index in [-0.39, 0.29) is 6.03 Å². The van der Waals surface area contributed by atoms with Crippen LogP contribution in [0.3, 0.4) is 0 Å². The Morgan fingerprint density at radius 2 is 2.29 bits per heavy atom. The number of nitrogens with zero attached hydrogens (tertiary/aromatic N) is 1. The molecule has 1 fully saturated rings. The molecular weight excluding hydrogens is 178 g/mol. The highest BCUT2D eigenvalue weighted by molar-refractivity contribution is 5.94. The third kappa shape index (κ3) is 1.39. The molecule has 1 aromatic rings. The molecule has 2 rings (SSSR count). The van der Waals surface area contributed by atoms with Crippen molar-refractivity contribution < 1.29 is 4.79 Å². The van der Waals surface area contributed by atoms with Crippen LogP contribution in [0.1, 0.15) is 5.56 Å². The van der Waals surface area contributed by atoms with Gasteiger partial charge in [0.05, 0.1) is 0 Å². The van der Waals surface area contributed by atoms with E-state index in [0.29, 0.717) is 13.1 Å². The second-order valence-electron chi connectivity index (χ2n) is 3.42. The van der Waals surface area contributed by atoms with E-state index in [1.807, 2.05) is 25.1 Å². The fourth-order valence-electron chi connectivity index (χ4n) is 1.51. The summed E-state index contributed by atoms with van der Waals surface area (Å²) in [5, 5.41) is 2.75. The summed E-state index contributed by atoms with van der Waals surface area (Å²) in [4.78, 5) is 13.0. The van der Waals surface area contributed by atoms with Gasteiger partial charge in [-0.3, -0.25) is 4.90 Å². The van der Waals surface area contributed by atoms with Gasteiger partial charge in [0.25, 0.3) is 0 Å². The van der Waals surface area contributed by atoms with Crippen molar-refractivity contribution in [3.63, 3.8) is 0 Å². The number of rotatable bonds is 1. The van der Waals surface area contributed by atoms with Gasteiger partial charge in [0.1, 0.15) is 0 Å². The summed E-state index contributed by atoms with van der Waals surface area (Å²) in [6.45, 7) is 3.36. The lowest BCUT2D eigenvalue weighted by atomic mass is 10.2. The molecular formula is C10H13N3O. The van der Waals surface area contributed by atoms with Gasteiger partial charge >= 0.3 is 6.03 Å². The quantitative estimate of drug-likeness (QED) is 0.653. The summed E-state index contributed by atoms with van der Waals surface area (Å²) in [6.07, 6.45) is 0. The Bertz CT molecular complexity index is 376. The largest absolute Gasteiger partial charge is 0.398 e. The van der Waals surface area contributed by atoms with Gasteiger partial charge in [-0.1, -0.05) is 6.07 Å². The number of benzene rings is 1. The monoisotopic (exact) mass is 191 g/mol. The van der Waals surface area contributed by atoms with Crippen molar-refractivity contribution in [3.05, 3.63) is 23.8 Å². The molecule has 4 heteroatoms. The number of carbonyl (C=O) groups excluding carboxylic acids is 1. The minimum Gasteiger partial charge on any atom is -0.398 e. The minimum atomic E-state index is -0.0479. The number of carbonyl (C=O) groups is 1. The maximum absolute atomic E-state index is 11.3. The topological polar surface area (TPSA) is 58.4 Å². The van der Waals surface area contributed by atoms with E-state index in [1.54, 1.807) is 4.90 Å². The Kier molecular flexibility index (Phi) is 2.04. The first kappa shape index (κ1) is 8.87. The molecule has 0 bridgehead atoms. The summed E-state index contributed by atoms with van der Waals surface area (Å²) in [5.74, 6) is 0. The summed E-state index contributed by atoms with van der Waals surface area (Å²) >= 11 is 0. The van der Waals surface area contributed by atoms with E-state index in [0.717, 1.165) is 16.9 Å². The molecule has 0 radical (unpaired) electrons. The van der Waals surface area contributed by atoms with Crippen LogP contribution >= 0.6 is 0 Å². The molecule has 1 saturated heterocycles. The minimum absolute atomic E-state index is 0.0479. The number of nitrogens with two attached hydrogens (primary N) is 1. The van der Waals surface area contributed by atoms with Gasteiger partial charge in [0, 0.05) is 24.5 Å². The third-order valence-corrected chi connectivity index (χ3v) is 2.43. The number of hydrogen-bond acceptors (Lipinski definition) is 2. The average Bonchev–Trinajstić information content (AvgIpc) is 2.57. The second kappa shape index (κ2) is 3.21. The third-order valence-electron chi connectivity index (χ3n) is 2.43. The van der Waals surface area contributed by atoms with Gasteiger partial charge in [-0.25, -0.2) is 4.79 Å². The van der Waals surface area contributed by atoms with Crippen LogP contribution < -0.4 is 16.0 Å². The molecule has 0 atom stereocenters. The fourth-order valence-corrected chi connectivity index (χ4v) is 1.51. The van der Waals surface area contributed by atoms with Gasteiger partial charge in [-0.15, -0.1) is 0 Å². The second-order valence-corrected chi connectivity index (χ2v) is 3.42. The number of amides is 2. The van der Waals surface area contributed by atoms with Crippen LogP contribution in [0.5, 0.6) is 0 Å². The van der Waals surface area contributed by atoms with Crippen LogP contribution in [0.2, 0.25) is 0 Å². The lowest BCUT2D eigenvalue weighted by molar-refractivity contribution is 0.252. The molecule has 1 heterocycles. The summed E-state index contributed by atoms with van der Waals surface area (Å²) in [5.41, 5.74) is 8.40. The van der Waals surface area contributed by atoms with Crippen molar-refractivity contribution in [2.24, 2.45) is 0 Å². The summed E-state index contributed by atoms with van der Waals surface area (Å²) in [6, 6.07) is 5.63. The van der Waals surface area contributed by atoms with Crippen LogP contribution in [0, 0.1) is 6.92 Å². The molecule has 0 unspecified atom stereocenters. The Balaban J connectivity index is 2.32. The molecule has 0 spiro atoms. The van der Waals surface area contributed by atoms with Crippen LogP contribution in [-0.2, 0) is 0 Å². The Morgan fingerprint density at radius 3 is 2.86 bits per heavy atom. The summed E-state index contributed by atoms with van der Waals surface area (Å²) < 4.78 is 0. The Labute approximate surface area is 82.7 Å². The van der Waals surface area contributed by atoms with Crippen molar-refractivity contribution >= 4 is 17.4 Å². The number of urea groups is 1. The highest BCUT2D eigenvalue weighted by Gasteiger charge is 2.20. The van der Waals surface area contributed by atoms with E-state index < -0.39 is 0 Å². The lowest BCUT2D eigenvalue weighted by Crippen LogP contribution is -2.27. The lowest BCUT2D eigenvalue weighted by Gasteiger charge is -2.15. The molecule has 0 aliphatic carbocycles. The van der Waals surface area contributed by atoms with E-state index in [2.05, 4.69) is 5.32 Å². The molecule has 2 amide bonds. The van der Waals surface area contributed by atoms with Gasteiger partial charge in [0.15, 0.2) is 0 Å². The highest BCUT2D eigenvalue weighted by atomic mass is 16.2. The molecule has 4 nitrogen and oxygen atoms in total. The molecule has 1 aromatic carbocycles. The maximum Gasteiger partial charge on any atom is 0.321 e. The van der Waals surface area contributed by atoms with E-state index >= 15 is 0 Å². The molecule has 1 aliphatic heterocycles. The molecule has 14 heavy (non-hydrogen) atoms. The molecule has 0 saturated carbocycles. The zero-order valence-electron chi connectivity index (χ0n) is 8.08. The first-order chi connectivity index (χ1) is 6.68. The molecule has 1 aliphatic rings. The molecule has 3 N–H and O–H groups in total. The van der Waals surface area contributed by atoms with Crippen LogP contribution in [0.15, 0.2) is 18.2 Å². The first-order valence-electron chi connectivity index (χ1n) is 4.60.